The molecule has 1 saturated heterocycles. The Bertz CT molecular complexity index is 867. The maximum Gasteiger partial charge on any atom is 0.149 e. The number of ether oxygens (including phenoxy) is 2. The highest BCUT2D eigenvalue weighted by atomic mass is 19.1. The highest BCUT2D eigenvalue weighted by Crippen LogP contribution is 2.30. The molecule has 0 amide bonds. The van der Waals surface area contributed by atoms with Gasteiger partial charge in [0.15, 0.2) is 0 Å². The van der Waals surface area contributed by atoms with Gasteiger partial charge in [-0.1, -0.05) is 0 Å². The van der Waals surface area contributed by atoms with E-state index in [0.29, 0.717) is 23.4 Å². The first kappa shape index (κ1) is 24.0. The number of methoxy groups -OCH3 is 1. The average Bonchev–Trinajstić information content (AvgIpc) is 2.86. The van der Waals surface area contributed by atoms with Gasteiger partial charge in [0.2, 0.25) is 0 Å². The Hall–Kier alpha value is -2.09. The monoisotopic (exact) mass is 456 g/mol. The van der Waals surface area contributed by atoms with Gasteiger partial charge in [-0.3, -0.25) is 9.97 Å². The van der Waals surface area contributed by atoms with Crippen molar-refractivity contribution in [1.82, 2.24) is 15.3 Å². The summed E-state index contributed by atoms with van der Waals surface area (Å²) in [5, 5.41) is 7.05. The van der Waals surface area contributed by atoms with Crippen molar-refractivity contribution in [2.75, 3.05) is 45.3 Å². The van der Waals surface area contributed by atoms with Crippen LogP contribution in [-0.4, -0.2) is 56.0 Å². The average molecular weight is 457 g/mol. The lowest BCUT2D eigenvalue weighted by molar-refractivity contribution is 0.0699. The lowest BCUT2D eigenvalue weighted by Gasteiger charge is -2.29. The minimum absolute atomic E-state index is 0.298. The van der Waals surface area contributed by atoms with Gasteiger partial charge in [-0.25, -0.2) is 4.39 Å². The van der Waals surface area contributed by atoms with Crippen molar-refractivity contribution in [2.24, 2.45) is 11.8 Å². The van der Waals surface area contributed by atoms with Crippen molar-refractivity contribution >= 4 is 5.69 Å². The van der Waals surface area contributed by atoms with Crippen LogP contribution in [-0.2, 0) is 15.9 Å². The fraction of sp³-hybridized carbons (Fsp3) is 0.615. The molecule has 0 bridgehead atoms. The zero-order valence-electron chi connectivity index (χ0n) is 19.7. The van der Waals surface area contributed by atoms with Crippen LogP contribution in [0.1, 0.15) is 44.2 Å². The molecule has 1 saturated carbocycles. The lowest BCUT2D eigenvalue weighted by atomic mass is 9.83. The van der Waals surface area contributed by atoms with E-state index in [1.54, 1.807) is 13.3 Å². The lowest BCUT2D eigenvalue weighted by Crippen LogP contribution is -2.35. The van der Waals surface area contributed by atoms with Gasteiger partial charge in [0, 0.05) is 68.7 Å². The Kier molecular flexibility index (Phi) is 9.03. The van der Waals surface area contributed by atoms with Crippen LogP contribution in [0.25, 0.3) is 11.1 Å². The first-order chi connectivity index (χ1) is 16.2. The number of aromatic nitrogens is 2. The van der Waals surface area contributed by atoms with Crippen molar-refractivity contribution in [3.8, 4) is 11.1 Å². The molecule has 0 spiro atoms. The largest absolute Gasteiger partial charge is 0.384 e. The summed E-state index contributed by atoms with van der Waals surface area (Å²) in [7, 11) is 1.73. The van der Waals surface area contributed by atoms with Crippen molar-refractivity contribution in [3.63, 3.8) is 0 Å². The molecular formula is C26H37FN4O2. The number of nitrogens with zero attached hydrogens (tertiary/aromatic N) is 2. The van der Waals surface area contributed by atoms with Crippen LogP contribution in [0.5, 0.6) is 0 Å². The molecule has 0 atom stereocenters. The molecule has 2 N–H and O–H groups in total. The van der Waals surface area contributed by atoms with E-state index >= 15 is 0 Å². The van der Waals surface area contributed by atoms with Crippen LogP contribution in [0.15, 0.2) is 30.7 Å². The number of nitrogens with one attached hydrogen (secondary N) is 2. The second kappa shape index (κ2) is 12.4. The van der Waals surface area contributed by atoms with Crippen LogP contribution in [0.3, 0.4) is 0 Å². The van der Waals surface area contributed by atoms with E-state index in [-0.39, 0.29) is 5.82 Å². The van der Waals surface area contributed by atoms with Gasteiger partial charge < -0.3 is 20.1 Å². The number of hydrogen-bond donors (Lipinski definition) is 2. The highest BCUT2D eigenvalue weighted by molar-refractivity contribution is 5.67. The third-order valence-corrected chi connectivity index (χ3v) is 6.98. The quantitative estimate of drug-likeness (QED) is 0.515. The van der Waals surface area contributed by atoms with Gasteiger partial charge in [0.05, 0.1) is 18.5 Å². The molecule has 2 fully saturated rings. The molecule has 1 aliphatic carbocycles. The summed E-state index contributed by atoms with van der Waals surface area (Å²) in [6.45, 7) is 4.22. The van der Waals surface area contributed by atoms with E-state index < -0.39 is 0 Å². The fourth-order valence-corrected chi connectivity index (χ4v) is 4.94. The SMILES string of the molecule is COCCNC1CCC(Cc2cc(-c3cncc(NCC4CCOCC4)c3)c(F)cn2)CC1. The molecule has 1 aliphatic heterocycles. The van der Waals surface area contributed by atoms with Crippen molar-refractivity contribution < 1.29 is 13.9 Å². The predicted octanol–water partition coefficient (Wildman–Crippen LogP) is 4.46. The summed E-state index contributed by atoms with van der Waals surface area (Å²) in [5.41, 5.74) is 3.26. The molecule has 3 heterocycles. The summed E-state index contributed by atoms with van der Waals surface area (Å²) in [6.07, 6.45) is 12.7. The van der Waals surface area contributed by atoms with E-state index in [9.17, 15) is 4.39 Å². The minimum atomic E-state index is -0.298. The zero-order chi connectivity index (χ0) is 22.9. The molecule has 0 unspecified atom stereocenters. The smallest absolute Gasteiger partial charge is 0.149 e. The molecule has 6 nitrogen and oxygen atoms in total. The van der Waals surface area contributed by atoms with E-state index in [1.165, 1.54) is 31.9 Å². The Morgan fingerprint density at radius 3 is 2.64 bits per heavy atom. The summed E-state index contributed by atoms with van der Waals surface area (Å²) in [4.78, 5) is 8.76. The third kappa shape index (κ3) is 7.19. The van der Waals surface area contributed by atoms with Gasteiger partial charge >= 0.3 is 0 Å². The molecule has 2 aromatic rings. The van der Waals surface area contributed by atoms with Crippen LogP contribution in [0.2, 0.25) is 0 Å². The van der Waals surface area contributed by atoms with Crippen LogP contribution in [0, 0.1) is 17.7 Å². The van der Waals surface area contributed by atoms with Crippen LogP contribution >= 0.6 is 0 Å². The van der Waals surface area contributed by atoms with Gasteiger partial charge in [-0.05, 0) is 68.9 Å². The Morgan fingerprint density at radius 2 is 1.85 bits per heavy atom. The number of hydrogen-bond acceptors (Lipinski definition) is 6. The molecular weight excluding hydrogens is 419 g/mol. The fourth-order valence-electron chi connectivity index (χ4n) is 4.94. The molecule has 2 aliphatic rings. The molecule has 33 heavy (non-hydrogen) atoms. The Morgan fingerprint density at radius 1 is 1.03 bits per heavy atom. The highest BCUT2D eigenvalue weighted by Gasteiger charge is 2.22. The standard InChI is InChI=1S/C26H37FN4O2/c1-32-11-8-29-22-4-2-19(3-5-22)12-23-14-25(26(27)18-31-23)21-13-24(17-28-16-21)30-15-20-6-9-33-10-7-20/h13-14,16-20,22,29-30H,2-12,15H2,1H3. The Labute approximate surface area is 196 Å². The van der Waals surface area contributed by atoms with Crippen LogP contribution in [0.4, 0.5) is 10.1 Å². The molecule has 2 aromatic heterocycles. The van der Waals surface area contributed by atoms with E-state index in [1.807, 2.05) is 18.3 Å². The molecule has 0 aromatic carbocycles. The van der Waals surface area contributed by atoms with E-state index in [0.717, 1.165) is 69.1 Å². The van der Waals surface area contributed by atoms with Crippen molar-refractivity contribution in [3.05, 3.63) is 42.2 Å². The molecule has 0 radical (unpaired) electrons. The molecule has 4 rings (SSSR count). The van der Waals surface area contributed by atoms with Crippen molar-refractivity contribution in [2.45, 2.75) is 51.0 Å². The number of rotatable bonds is 10. The van der Waals surface area contributed by atoms with E-state index in [4.69, 9.17) is 9.47 Å². The first-order valence-corrected chi connectivity index (χ1v) is 12.3. The number of halogens is 1. The normalized spacial score (nSPS) is 21.8. The minimum Gasteiger partial charge on any atom is -0.384 e. The van der Waals surface area contributed by atoms with Gasteiger partial charge in [0.1, 0.15) is 5.82 Å². The maximum absolute atomic E-state index is 14.7. The van der Waals surface area contributed by atoms with E-state index in [2.05, 4.69) is 20.6 Å². The Balaban J connectivity index is 1.34. The molecule has 7 heteroatoms. The summed E-state index contributed by atoms with van der Waals surface area (Å²) < 4.78 is 25.3. The predicted molar refractivity (Wildman–Crippen MR) is 129 cm³/mol. The van der Waals surface area contributed by atoms with Gasteiger partial charge in [-0.15, -0.1) is 0 Å². The summed E-state index contributed by atoms with van der Waals surface area (Å²) in [5.74, 6) is 0.909. The third-order valence-electron chi connectivity index (χ3n) is 6.98. The second-order valence-corrected chi connectivity index (χ2v) is 9.42. The first-order valence-electron chi connectivity index (χ1n) is 12.3. The van der Waals surface area contributed by atoms with Gasteiger partial charge in [0.25, 0.3) is 0 Å². The topological polar surface area (TPSA) is 68.3 Å². The number of pyridine rings is 2. The maximum atomic E-state index is 14.7. The summed E-state index contributed by atoms with van der Waals surface area (Å²) in [6, 6.07) is 4.48. The van der Waals surface area contributed by atoms with Crippen molar-refractivity contribution in [1.29, 1.82) is 0 Å². The van der Waals surface area contributed by atoms with Gasteiger partial charge in [-0.2, -0.15) is 0 Å². The zero-order valence-corrected chi connectivity index (χ0v) is 19.7. The van der Waals surface area contributed by atoms with Crippen LogP contribution < -0.4 is 10.6 Å². The summed E-state index contributed by atoms with van der Waals surface area (Å²) >= 11 is 0. The molecule has 180 valence electrons. The number of anilines is 1. The second-order valence-electron chi connectivity index (χ2n) is 9.42.